The molecule has 0 aromatic heterocycles. The minimum atomic E-state index is 0.555. The summed E-state index contributed by atoms with van der Waals surface area (Å²) < 4.78 is 6.28. The number of nitrogens with zero attached hydrogens (tertiary/aromatic N) is 2. The predicted octanol–water partition coefficient (Wildman–Crippen LogP) is 3.80. The molecule has 0 unspecified atom stereocenters. The molecule has 0 aliphatic carbocycles. The number of methoxy groups -OCH3 is 1. The van der Waals surface area contributed by atoms with E-state index in [4.69, 9.17) is 17.0 Å². The summed E-state index contributed by atoms with van der Waals surface area (Å²) in [6, 6.07) is 15.8. The van der Waals surface area contributed by atoms with Crippen LogP contribution in [0.2, 0.25) is 0 Å². The molecule has 6 heteroatoms. The largest absolute Gasteiger partial charge is 0.496 e. The van der Waals surface area contributed by atoms with Gasteiger partial charge in [-0.25, -0.2) is 5.01 Å². The smallest absolute Gasteiger partial charge is 0.189 e. The van der Waals surface area contributed by atoms with Crippen molar-refractivity contribution in [2.24, 2.45) is 5.10 Å². The van der Waals surface area contributed by atoms with Crippen molar-refractivity contribution in [3.8, 4) is 5.75 Å². The molecule has 4 nitrogen and oxygen atoms in total. The van der Waals surface area contributed by atoms with Crippen LogP contribution in [0.25, 0.3) is 0 Å². The lowest BCUT2D eigenvalue weighted by Crippen LogP contribution is -2.33. The highest BCUT2D eigenvalue weighted by molar-refractivity contribution is 9.10. The summed E-state index contributed by atoms with van der Waals surface area (Å²) in [7, 11) is 3.44. The molecule has 0 amide bonds. The van der Waals surface area contributed by atoms with Gasteiger partial charge in [0.15, 0.2) is 5.11 Å². The van der Waals surface area contributed by atoms with E-state index in [1.807, 2.05) is 48.5 Å². The van der Waals surface area contributed by atoms with Gasteiger partial charge < -0.3 is 10.1 Å². The van der Waals surface area contributed by atoms with Crippen molar-refractivity contribution in [2.75, 3.05) is 14.2 Å². The third kappa shape index (κ3) is 5.33. The molecule has 2 rings (SSSR count). The molecule has 120 valence electrons. The van der Waals surface area contributed by atoms with Gasteiger partial charge in [-0.15, -0.1) is 0 Å². The first-order valence-corrected chi connectivity index (χ1v) is 8.23. The second kappa shape index (κ2) is 8.64. The molecule has 0 bridgehead atoms. The van der Waals surface area contributed by atoms with Gasteiger partial charge in [0.1, 0.15) is 5.75 Å². The number of ether oxygens (including phenoxy) is 1. The van der Waals surface area contributed by atoms with E-state index < -0.39 is 0 Å². The Morgan fingerprint density at radius 3 is 2.74 bits per heavy atom. The van der Waals surface area contributed by atoms with Gasteiger partial charge in [0, 0.05) is 23.6 Å². The average molecular weight is 392 g/mol. The highest BCUT2D eigenvalue weighted by Crippen LogP contribution is 2.21. The van der Waals surface area contributed by atoms with E-state index in [1.165, 1.54) is 5.56 Å². The minimum Gasteiger partial charge on any atom is -0.496 e. The standard InChI is InChI=1S/C17H18BrN3OS/c1-21(17(23)19-11-13-6-4-3-5-7-13)20-12-14-10-15(18)8-9-16(14)22-2/h3-10,12H,11H2,1-2H3,(H,19,23)/b20-12-. The van der Waals surface area contributed by atoms with Crippen molar-refractivity contribution in [3.63, 3.8) is 0 Å². The molecule has 1 N–H and O–H groups in total. The van der Waals surface area contributed by atoms with Crippen molar-refractivity contribution >= 4 is 39.5 Å². The fourth-order valence-corrected chi connectivity index (χ4v) is 2.39. The summed E-state index contributed by atoms with van der Waals surface area (Å²) >= 11 is 8.78. The summed E-state index contributed by atoms with van der Waals surface area (Å²) in [5, 5.41) is 9.72. The van der Waals surface area contributed by atoms with Gasteiger partial charge in [-0.3, -0.25) is 0 Å². The van der Waals surface area contributed by atoms with Crippen LogP contribution in [0, 0.1) is 0 Å². The minimum absolute atomic E-state index is 0.555. The second-order valence-electron chi connectivity index (χ2n) is 4.80. The van der Waals surface area contributed by atoms with Crippen LogP contribution in [0.4, 0.5) is 0 Å². The van der Waals surface area contributed by atoms with Crippen LogP contribution in [0.15, 0.2) is 58.1 Å². The second-order valence-corrected chi connectivity index (χ2v) is 6.10. The van der Waals surface area contributed by atoms with Crippen LogP contribution < -0.4 is 10.1 Å². The molecule has 0 spiro atoms. The Bertz CT molecular complexity index is 691. The van der Waals surface area contributed by atoms with Crippen LogP contribution in [-0.2, 0) is 6.54 Å². The van der Waals surface area contributed by atoms with Crippen LogP contribution >= 0.6 is 28.1 Å². The fraction of sp³-hybridized carbons (Fsp3) is 0.176. The predicted molar refractivity (Wildman–Crippen MR) is 102 cm³/mol. The Kier molecular flexibility index (Phi) is 6.55. The summed E-state index contributed by atoms with van der Waals surface area (Å²) in [6.45, 7) is 0.666. The van der Waals surface area contributed by atoms with Crippen molar-refractivity contribution in [2.45, 2.75) is 6.54 Å². The van der Waals surface area contributed by atoms with Gasteiger partial charge in [0.05, 0.1) is 13.3 Å². The molecule has 0 heterocycles. The maximum atomic E-state index is 5.34. The molecular weight excluding hydrogens is 374 g/mol. The first-order chi connectivity index (χ1) is 11.1. The number of hydrogen-bond acceptors (Lipinski definition) is 3. The molecule has 2 aromatic rings. The Morgan fingerprint density at radius 2 is 2.04 bits per heavy atom. The van der Waals surface area contributed by atoms with Gasteiger partial charge in [0.25, 0.3) is 0 Å². The average Bonchev–Trinajstić information content (AvgIpc) is 2.58. The van der Waals surface area contributed by atoms with Gasteiger partial charge in [-0.05, 0) is 36.0 Å². The van der Waals surface area contributed by atoms with Gasteiger partial charge in [-0.1, -0.05) is 46.3 Å². The Morgan fingerprint density at radius 1 is 1.30 bits per heavy atom. The maximum absolute atomic E-state index is 5.34. The van der Waals surface area contributed by atoms with Crippen molar-refractivity contribution in [1.29, 1.82) is 0 Å². The molecule has 0 fully saturated rings. The van der Waals surface area contributed by atoms with Crippen LogP contribution in [0.3, 0.4) is 0 Å². The van der Waals surface area contributed by atoms with E-state index in [0.29, 0.717) is 11.7 Å². The number of halogens is 1. The zero-order valence-corrected chi connectivity index (χ0v) is 15.4. The lowest BCUT2D eigenvalue weighted by molar-refractivity contribution is 0.414. The molecule has 0 aliphatic rings. The summed E-state index contributed by atoms with van der Waals surface area (Å²) in [5.41, 5.74) is 2.04. The molecule has 0 saturated heterocycles. The van der Waals surface area contributed by atoms with Crippen LogP contribution in [0.1, 0.15) is 11.1 Å². The van der Waals surface area contributed by atoms with Gasteiger partial charge in [-0.2, -0.15) is 5.10 Å². The molecule has 2 aromatic carbocycles. The number of benzene rings is 2. The zero-order valence-electron chi connectivity index (χ0n) is 13.0. The van der Waals surface area contributed by atoms with Crippen molar-refractivity contribution < 1.29 is 4.74 Å². The fourth-order valence-electron chi connectivity index (χ4n) is 1.90. The molecule has 23 heavy (non-hydrogen) atoms. The SMILES string of the molecule is COc1ccc(Br)cc1/C=N\N(C)C(=S)NCc1ccccc1. The first-order valence-electron chi connectivity index (χ1n) is 7.03. The third-order valence-electron chi connectivity index (χ3n) is 3.14. The lowest BCUT2D eigenvalue weighted by Gasteiger charge is -2.16. The summed E-state index contributed by atoms with van der Waals surface area (Å²) in [6.07, 6.45) is 1.72. The van der Waals surface area contributed by atoms with Crippen molar-refractivity contribution in [3.05, 3.63) is 64.1 Å². The summed E-state index contributed by atoms with van der Waals surface area (Å²) in [5.74, 6) is 0.758. The first kappa shape index (κ1) is 17.4. The third-order valence-corrected chi connectivity index (χ3v) is 4.04. The molecule has 0 radical (unpaired) electrons. The molecule has 0 atom stereocenters. The maximum Gasteiger partial charge on any atom is 0.189 e. The number of rotatable bonds is 5. The van der Waals surface area contributed by atoms with E-state index in [9.17, 15) is 0 Å². The van der Waals surface area contributed by atoms with Crippen LogP contribution in [-0.4, -0.2) is 30.5 Å². The van der Waals surface area contributed by atoms with Crippen molar-refractivity contribution in [1.82, 2.24) is 10.3 Å². The van der Waals surface area contributed by atoms with E-state index in [-0.39, 0.29) is 0 Å². The monoisotopic (exact) mass is 391 g/mol. The zero-order chi connectivity index (χ0) is 16.7. The van der Waals surface area contributed by atoms with Gasteiger partial charge >= 0.3 is 0 Å². The Labute approximate surface area is 150 Å². The topological polar surface area (TPSA) is 36.9 Å². The number of hydrazone groups is 1. The molecule has 0 saturated carbocycles. The van der Waals surface area contributed by atoms with Crippen LogP contribution in [0.5, 0.6) is 5.75 Å². The number of hydrogen-bond donors (Lipinski definition) is 1. The summed E-state index contributed by atoms with van der Waals surface area (Å²) in [4.78, 5) is 0. The highest BCUT2D eigenvalue weighted by atomic mass is 79.9. The number of thiocarbonyl (C=S) groups is 1. The Balaban J connectivity index is 1.96. The highest BCUT2D eigenvalue weighted by Gasteiger charge is 2.04. The van der Waals surface area contributed by atoms with E-state index in [2.05, 4.69) is 26.3 Å². The van der Waals surface area contributed by atoms with E-state index >= 15 is 0 Å². The molecular formula is C17H18BrN3OS. The van der Waals surface area contributed by atoms with Gasteiger partial charge in [0.2, 0.25) is 0 Å². The quantitative estimate of drug-likeness (QED) is 0.477. The number of nitrogens with one attached hydrogen (secondary N) is 1. The van der Waals surface area contributed by atoms with E-state index in [1.54, 1.807) is 25.4 Å². The normalized spacial score (nSPS) is 10.6. The Hall–Kier alpha value is -1.92. The lowest BCUT2D eigenvalue weighted by atomic mass is 10.2. The van der Waals surface area contributed by atoms with E-state index in [0.717, 1.165) is 15.8 Å². The molecule has 0 aliphatic heterocycles.